The monoisotopic (exact) mass is 300 g/mol. The highest BCUT2D eigenvalue weighted by Gasteiger charge is 2.23. The van der Waals surface area contributed by atoms with Gasteiger partial charge in [0.1, 0.15) is 0 Å². The van der Waals surface area contributed by atoms with Crippen molar-refractivity contribution in [2.45, 2.75) is 32.7 Å². The third-order valence-corrected chi connectivity index (χ3v) is 3.49. The maximum absolute atomic E-state index is 11.4. The number of ether oxygens (including phenoxy) is 1. The van der Waals surface area contributed by atoms with Crippen LogP contribution in [0.3, 0.4) is 0 Å². The SMILES string of the molecule is CCNC(=NCC(C)CO)NC1CCN(C(=O)OC)CC1. The van der Waals surface area contributed by atoms with Gasteiger partial charge in [-0.15, -0.1) is 0 Å². The van der Waals surface area contributed by atoms with E-state index in [1.54, 1.807) is 4.90 Å². The summed E-state index contributed by atoms with van der Waals surface area (Å²) in [6, 6.07) is 0.299. The van der Waals surface area contributed by atoms with Crippen LogP contribution in [0.2, 0.25) is 0 Å². The van der Waals surface area contributed by atoms with Crippen LogP contribution in [0.1, 0.15) is 26.7 Å². The lowest BCUT2D eigenvalue weighted by atomic mass is 10.1. The van der Waals surface area contributed by atoms with Crippen molar-refractivity contribution in [3.63, 3.8) is 0 Å². The molecule has 0 spiro atoms. The van der Waals surface area contributed by atoms with E-state index >= 15 is 0 Å². The molecule has 1 rings (SSSR count). The minimum Gasteiger partial charge on any atom is -0.453 e. The zero-order valence-corrected chi connectivity index (χ0v) is 13.3. The summed E-state index contributed by atoms with van der Waals surface area (Å²) < 4.78 is 4.73. The van der Waals surface area contributed by atoms with E-state index in [2.05, 4.69) is 15.6 Å². The Morgan fingerprint density at radius 3 is 2.67 bits per heavy atom. The molecule has 0 bridgehead atoms. The number of aliphatic hydroxyl groups is 1. The molecule has 0 aromatic rings. The molecule has 1 amide bonds. The summed E-state index contributed by atoms with van der Waals surface area (Å²) in [5, 5.41) is 15.6. The average Bonchev–Trinajstić information content (AvgIpc) is 2.52. The number of carbonyl (C=O) groups excluding carboxylic acids is 1. The number of nitrogens with one attached hydrogen (secondary N) is 2. The fourth-order valence-corrected chi connectivity index (χ4v) is 2.15. The van der Waals surface area contributed by atoms with Gasteiger partial charge in [0, 0.05) is 38.8 Å². The Morgan fingerprint density at radius 2 is 2.14 bits per heavy atom. The molecule has 1 unspecified atom stereocenters. The normalized spacial score (nSPS) is 18.3. The molecule has 0 aromatic carbocycles. The molecule has 0 radical (unpaired) electrons. The van der Waals surface area contributed by atoms with E-state index < -0.39 is 0 Å². The molecule has 7 nitrogen and oxygen atoms in total. The number of nitrogens with zero attached hydrogens (tertiary/aromatic N) is 2. The fourth-order valence-electron chi connectivity index (χ4n) is 2.15. The number of piperidine rings is 1. The second kappa shape index (κ2) is 9.44. The fraction of sp³-hybridized carbons (Fsp3) is 0.857. The summed E-state index contributed by atoms with van der Waals surface area (Å²) in [5.74, 6) is 0.927. The summed E-state index contributed by atoms with van der Waals surface area (Å²) >= 11 is 0. The van der Waals surface area contributed by atoms with E-state index in [0.29, 0.717) is 25.7 Å². The van der Waals surface area contributed by atoms with Gasteiger partial charge in [0.15, 0.2) is 5.96 Å². The van der Waals surface area contributed by atoms with Gasteiger partial charge in [0.25, 0.3) is 0 Å². The molecule has 3 N–H and O–H groups in total. The number of amides is 1. The Balaban J connectivity index is 2.44. The lowest BCUT2D eigenvalue weighted by Crippen LogP contribution is -2.49. The van der Waals surface area contributed by atoms with Gasteiger partial charge in [-0.3, -0.25) is 4.99 Å². The molecule has 0 aliphatic carbocycles. The van der Waals surface area contributed by atoms with Gasteiger partial charge in [-0.2, -0.15) is 0 Å². The first kappa shape index (κ1) is 17.6. The van der Waals surface area contributed by atoms with Crippen molar-refractivity contribution in [3.05, 3.63) is 0 Å². The lowest BCUT2D eigenvalue weighted by molar-refractivity contribution is 0.111. The summed E-state index contributed by atoms with van der Waals surface area (Å²) in [4.78, 5) is 17.6. The average molecular weight is 300 g/mol. The molecular weight excluding hydrogens is 272 g/mol. The van der Waals surface area contributed by atoms with Gasteiger partial charge in [0.05, 0.1) is 7.11 Å². The Morgan fingerprint density at radius 1 is 1.48 bits per heavy atom. The first-order valence-corrected chi connectivity index (χ1v) is 7.59. The molecule has 1 heterocycles. The van der Waals surface area contributed by atoms with Crippen molar-refractivity contribution in [1.29, 1.82) is 0 Å². The molecule has 0 saturated carbocycles. The molecule has 21 heavy (non-hydrogen) atoms. The second-order valence-corrected chi connectivity index (χ2v) is 5.38. The quantitative estimate of drug-likeness (QED) is 0.505. The number of hydrogen-bond acceptors (Lipinski definition) is 4. The number of aliphatic hydroxyl groups excluding tert-OH is 1. The standard InChI is InChI=1S/C14H28N4O3/c1-4-15-13(16-9-11(2)10-19)17-12-5-7-18(8-6-12)14(20)21-3/h11-12,19H,4-10H2,1-3H3,(H2,15,16,17). The largest absolute Gasteiger partial charge is 0.453 e. The Kier molecular flexibility index (Phi) is 7.89. The van der Waals surface area contributed by atoms with Crippen molar-refractivity contribution < 1.29 is 14.6 Å². The maximum atomic E-state index is 11.4. The van der Waals surface area contributed by atoms with E-state index in [4.69, 9.17) is 9.84 Å². The molecule has 122 valence electrons. The number of likely N-dealkylation sites (tertiary alicyclic amines) is 1. The number of methoxy groups -OCH3 is 1. The van der Waals surface area contributed by atoms with Crippen LogP contribution in [0.15, 0.2) is 4.99 Å². The molecular formula is C14H28N4O3. The van der Waals surface area contributed by atoms with Crippen LogP contribution in [0, 0.1) is 5.92 Å². The molecule has 1 saturated heterocycles. The van der Waals surface area contributed by atoms with Crippen LogP contribution in [-0.4, -0.2) is 68.0 Å². The predicted molar refractivity (Wildman–Crippen MR) is 82.4 cm³/mol. The highest BCUT2D eigenvalue weighted by atomic mass is 16.5. The van der Waals surface area contributed by atoms with E-state index in [9.17, 15) is 4.79 Å². The highest BCUT2D eigenvalue weighted by molar-refractivity contribution is 5.80. The topological polar surface area (TPSA) is 86.2 Å². The highest BCUT2D eigenvalue weighted by Crippen LogP contribution is 2.11. The molecule has 1 fully saturated rings. The van der Waals surface area contributed by atoms with Crippen LogP contribution >= 0.6 is 0 Å². The van der Waals surface area contributed by atoms with Crippen LogP contribution in [0.5, 0.6) is 0 Å². The van der Waals surface area contributed by atoms with Gasteiger partial charge >= 0.3 is 6.09 Å². The van der Waals surface area contributed by atoms with Gasteiger partial charge in [0.2, 0.25) is 0 Å². The van der Waals surface area contributed by atoms with E-state index in [0.717, 1.165) is 25.3 Å². The van der Waals surface area contributed by atoms with Crippen molar-refractivity contribution >= 4 is 12.1 Å². The van der Waals surface area contributed by atoms with E-state index in [-0.39, 0.29) is 18.6 Å². The molecule has 0 aromatic heterocycles. The zero-order valence-electron chi connectivity index (χ0n) is 13.3. The Bertz CT molecular complexity index is 341. The number of hydrogen-bond donors (Lipinski definition) is 3. The van der Waals surface area contributed by atoms with Gasteiger partial charge < -0.3 is 25.4 Å². The molecule has 1 aliphatic heterocycles. The van der Waals surface area contributed by atoms with Crippen molar-refractivity contribution in [1.82, 2.24) is 15.5 Å². The zero-order chi connectivity index (χ0) is 15.7. The van der Waals surface area contributed by atoms with Gasteiger partial charge in [-0.05, 0) is 25.7 Å². The maximum Gasteiger partial charge on any atom is 0.409 e. The van der Waals surface area contributed by atoms with Crippen LogP contribution < -0.4 is 10.6 Å². The predicted octanol–water partition coefficient (Wildman–Crippen LogP) is 0.401. The van der Waals surface area contributed by atoms with Crippen LogP contribution in [-0.2, 0) is 4.74 Å². The first-order chi connectivity index (χ1) is 10.1. The van der Waals surface area contributed by atoms with Gasteiger partial charge in [-0.1, -0.05) is 6.92 Å². The Hall–Kier alpha value is -1.50. The summed E-state index contributed by atoms with van der Waals surface area (Å²) in [7, 11) is 1.41. The number of guanidine groups is 1. The number of carbonyl (C=O) groups is 1. The first-order valence-electron chi connectivity index (χ1n) is 7.59. The van der Waals surface area contributed by atoms with E-state index in [1.807, 2.05) is 13.8 Å². The molecule has 1 atom stereocenters. The van der Waals surface area contributed by atoms with Crippen molar-refractivity contribution in [2.24, 2.45) is 10.9 Å². The number of rotatable bonds is 5. The third kappa shape index (κ3) is 6.20. The van der Waals surface area contributed by atoms with Crippen LogP contribution in [0.4, 0.5) is 4.79 Å². The van der Waals surface area contributed by atoms with Gasteiger partial charge in [-0.25, -0.2) is 4.79 Å². The minimum atomic E-state index is -0.259. The summed E-state index contributed by atoms with van der Waals surface area (Å²) in [5.41, 5.74) is 0. The smallest absolute Gasteiger partial charge is 0.409 e. The Labute approximate surface area is 126 Å². The third-order valence-electron chi connectivity index (χ3n) is 3.49. The summed E-state index contributed by atoms with van der Waals surface area (Å²) in [6.07, 6.45) is 1.48. The molecule has 7 heteroatoms. The van der Waals surface area contributed by atoms with E-state index in [1.165, 1.54) is 7.11 Å². The minimum absolute atomic E-state index is 0.139. The summed E-state index contributed by atoms with van der Waals surface area (Å²) in [6.45, 7) is 6.88. The number of aliphatic imine (C=N–C) groups is 1. The lowest BCUT2D eigenvalue weighted by Gasteiger charge is -2.32. The second-order valence-electron chi connectivity index (χ2n) is 5.38. The molecule has 1 aliphatic rings. The van der Waals surface area contributed by atoms with Crippen molar-refractivity contribution in [2.75, 3.05) is 39.9 Å². The van der Waals surface area contributed by atoms with Crippen LogP contribution in [0.25, 0.3) is 0 Å². The van der Waals surface area contributed by atoms with Crippen molar-refractivity contribution in [3.8, 4) is 0 Å².